The van der Waals surface area contributed by atoms with Crippen molar-refractivity contribution in [1.29, 1.82) is 0 Å². The van der Waals surface area contributed by atoms with Gasteiger partial charge in [-0.15, -0.1) is 0 Å². The Hall–Kier alpha value is -2.12. The van der Waals surface area contributed by atoms with Crippen LogP contribution in [0.25, 0.3) is 0 Å². The minimum Gasteiger partial charge on any atom is -0.376 e. The molecule has 1 atom stereocenters. The molecule has 0 unspecified atom stereocenters. The normalized spacial score (nSPS) is 20.4. The Morgan fingerprint density at radius 1 is 1.13 bits per heavy atom. The number of anilines is 1. The second-order valence-electron chi connectivity index (χ2n) is 8.64. The zero-order valence-electron chi connectivity index (χ0n) is 17.8. The van der Waals surface area contributed by atoms with Gasteiger partial charge in [-0.1, -0.05) is 30.0 Å². The van der Waals surface area contributed by atoms with E-state index in [1.807, 2.05) is 27.7 Å². The Kier molecular flexibility index (Phi) is 6.14. The van der Waals surface area contributed by atoms with Crippen molar-refractivity contribution in [2.24, 2.45) is 0 Å². The number of amides is 1. The average molecular weight is 440 g/mol. The molecular weight excluding hydrogens is 410 g/mol. The minimum atomic E-state index is -0.200. The van der Waals surface area contributed by atoms with E-state index in [9.17, 15) is 9.59 Å². The number of aromatic nitrogens is 2. The van der Waals surface area contributed by atoms with Crippen molar-refractivity contribution in [3.8, 4) is 0 Å². The molecule has 0 spiro atoms. The summed E-state index contributed by atoms with van der Waals surface area (Å²) in [5.74, 6) is 0.398. The standard InChI is InChI=1S/C24H29N3O3S/c28-22(26-13-5-8-17-7-1-3-11-20(17)26)16-31-23-19-10-2-4-12-21(19)27(24(29)25-23)15-18-9-6-14-30-18/h1,3,7,11,18H,2,4-6,8-10,12-16H2/t18-/m1/s1. The lowest BCUT2D eigenvalue weighted by atomic mass is 9.97. The van der Waals surface area contributed by atoms with Crippen LogP contribution in [0, 0.1) is 0 Å². The second-order valence-corrected chi connectivity index (χ2v) is 9.61. The van der Waals surface area contributed by atoms with Gasteiger partial charge in [-0.05, 0) is 63.0 Å². The summed E-state index contributed by atoms with van der Waals surface area (Å²) < 4.78 is 7.61. The first kappa shape index (κ1) is 20.8. The van der Waals surface area contributed by atoms with Gasteiger partial charge in [0.25, 0.3) is 0 Å². The first-order valence-electron chi connectivity index (χ1n) is 11.5. The van der Waals surface area contributed by atoms with Crippen LogP contribution < -0.4 is 10.6 Å². The molecule has 1 saturated heterocycles. The molecule has 31 heavy (non-hydrogen) atoms. The number of carbonyl (C=O) groups excluding carboxylic acids is 1. The van der Waals surface area contributed by atoms with Crippen LogP contribution in [0.15, 0.2) is 34.1 Å². The zero-order valence-corrected chi connectivity index (χ0v) is 18.7. The SMILES string of the molecule is O=C(CSc1nc(=O)n(C[C@H]2CCCO2)c2c1CCCC2)N1CCCc2ccccc21. The van der Waals surface area contributed by atoms with Crippen molar-refractivity contribution in [2.75, 3.05) is 23.8 Å². The van der Waals surface area contributed by atoms with Crippen LogP contribution in [-0.4, -0.2) is 40.5 Å². The minimum absolute atomic E-state index is 0.0899. The van der Waals surface area contributed by atoms with Crippen LogP contribution in [0.4, 0.5) is 5.69 Å². The molecule has 2 aliphatic heterocycles. The lowest BCUT2D eigenvalue weighted by molar-refractivity contribution is -0.116. The molecule has 7 heteroatoms. The number of nitrogens with zero attached hydrogens (tertiary/aromatic N) is 3. The predicted octanol–water partition coefficient (Wildman–Crippen LogP) is 3.37. The van der Waals surface area contributed by atoms with E-state index in [0.29, 0.717) is 12.3 Å². The summed E-state index contributed by atoms with van der Waals surface area (Å²) in [6, 6.07) is 8.16. The molecule has 1 amide bonds. The molecular formula is C24H29N3O3S. The Bertz CT molecular complexity index is 1030. The van der Waals surface area contributed by atoms with Gasteiger partial charge in [0.1, 0.15) is 5.03 Å². The fourth-order valence-corrected chi connectivity index (χ4v) is 6.00. The van der Waals surface area contributed by atoms with Crippen LogP contribution in [-0.2, 0) is 35.3 Å². The lowest BCUT2D eigenvalue weighted by Crippen LogP contribution is -2.37. The molecule has 1 aliphatic carbocycles. The van der Waals surface area contributed by atoms with Crippen molar-refractivity contribution in [3.05, 3.63) is 51.6 Å². The maximum atomic E-state index is 13.1. The van der Waals surface area contributed by atoms with Crippen molar-refractivity contribution in [3.63, 3.8) is 0 Å². The molecule has 164 valence electrons. The van der Waals surface area contributed by atoms with Gasteiger partial charge >= 0.3 is 5.69 Å². The van der Waals surface area contributed by atoms with Gasteiger partial charge in [0.05, 0.1) is 18.4 Å². The fraction of sp³-hybridized carbons (Fsp3) is 0.542. The van der Waals surface area contributed by atoms with Crippen LogP contribution in [0.5, 0.6) is 0 Å². The van der Waals surface area contributed by atoms with E-state index in [1.165, 1.54) is 22.9 Å². The summed E-state index contributed by atoms with van der Waals surface area (Å²) in [5, 5.41) is 0.752. The van der Waals surface area contributed by atoms with E-state index in [1.54, 1.807) is 0 Å². The van der Waals surface area contributed by atoms with Gasteiger partial charge in [-0.2, -0.15) is 4.98 Å². The van der Waals surface area contributed by atoms with Gasteiger partial charge in [0, 0.05) is 30.1 Å². The number of para-hydroxylation sites is 1. The highest BCUT2D eigenvalue weighted by molar-refractivity contribution is 8.00. The maximum absolute atomic E-state index is 13.1. The summed E-state index contributed by atoms with van der Waals surface area (Å²) >= 11 is 1.43. The zero-order chi connectivity index (χ0) is 21.2. The number of hydrogen-bond acceptors (Lipinski definition) is 5. The largest absolute Gasteiger partial charge is 0.376 e. The second kappa shape index (κ2) is 9.17. The number of aryl methyl sites for hydroxylation is 1. The van der Waals surface area contributed by atoms with Gasteiger partial charge in [-0.3, -0.25) is 9.36 Å². The van der Waals surface area contributed by atoms with E-state index in [4.69, 9.17) is 4.74 Å². The molecule has 0 saturated carbocycles. The number of ether oxygens (including phenoxy) is 1. The van der Waals surface area contributed by atoms with E-state index in [0.717, 1.165) is 80.9 Å². The quantitative estimate of drug-likeness (QED) is 0.528. The third-order valence-corrected chi connectivity index (χ3v) is 7.61. The summed E-state index contributed by atoms with van der Waals surface area (Å²) in [4.78, 5) is 32.3. The van der Waals surface area contributed by atoms with Crippen molar-refractivity contribution in [2.45, 2.75) is 69.0 Å². The van der Waals surface area contributed by atoms with Crippen LogP contribution in [0.3, 0.4) is 0 Å². The average Bonchev–Trinajstić information content (AvgIpc) is 3.32. The van der Waals surface area contributed by atoms with Crippen molar-refractivity contribution >= 4 is 23.4 Å². The summed E-state index contributed by atoms with van der Waals surface area (Å²) in [6.45, 7) is 2.14. The van der Waals surface area contributed by atoms with E-state index < -0.39 is 0 Å². The van der Waals surface area contributed by atoms with E-state index in [2.05, 4.69) is 11.1 Å². The molecule has 5 rings (SSSR count). The molecule has 0 bridgehead atoms. The molecule has 3 heterocycles. The third kappa shape index (κ3) is 4.30. The molecule has 3 aliphatic rings. The molecule has 1 aromatic carbocycles. The highest BCUT2D eigenvalue weighted by Crippen LogP contribution is 2.31. The van der Waals surface area contributed by atoms with Crippen LogP contribution >= 0.6 is 11.8 Å². The smallest absolute Gasteiger partial charge is 0.348 e. The van der Waals surface area contributed by atoms with E-state index in [-0.39, 0.29) is 17.7 Å². The maximum Gasteiger partial charge on any atom is 0.348 e. The first-order valence-corrected chi connectivity index (χ1v) is 12.4. The monoisotopic (exact) mass is 439 g/mol. The Labute approximate surface area is 187 Å². The van der Waals surface area contributed by atoms with Crippen LogP contribution in [0.2, 0.25) is 0 Å². The Morgan fingerprint density at radius 3 is 2.87 bits per heavy atom. The highest BCUT2D eigenvalue weighted by atomic mass is 32.2. The molecule has 2 aromatic rings. The summed E-state index contributed by atoms with van der Waals surface area (Å²) in [5.41, 5.74) is 4.34. The lowest BCUT2D eigenvalue weighted by Gasteiger charge is -2.29. The molecule has 1 fully saturated rings. The summed E-state index contributed by atoms with van der Waals surface area (Å²) in [7, 11) is 0. The fourth-order valence-electron chi connectivity index (χ4n) is 5.05. The number of fused-ring (bicyclic) bond motifs is 2. The van der Waals surface area contributed by atoms with Gasteiger partial charge in [0.15, 0.2) is 0 Å². The Morgan fingerprint density at radius 2 is 2.00 bits per heavy atom. The Balaban J connectivity index is 1.36. The van der Waals surface area contributed by atoms with Crippen molar-refractivity contribution in [1.82, 2.24) is 9.55 Å². The van der Waals surface area contributed by atoms with Crippen molar-refractivity contribution < 1.29 is 9.53 Å². The number of carbonyl (C=O) groups is 1. The first-order chi connectivity index (χ1) is 15.2. The topological polar surface area (TPSA) is 64.4 Å². The predicted molar refractivity (Wildman–Crippen MR) is 122 cm³/mol. The van der Waals surface area contributed by atoms with E-state index >= 15 is 0 Å². The molecule has 6 nitrogen and oxygen atoms in total. The number of hydrogen-bond donors (Lipinski definition) is 0. The number of rotatable bonds is 5. The van der Waals surface area contributed by atoms with Crippen LogP contribution in [0.1, 0.15) is 48.9 Å². The molecule has 0 N–H and O–H groups in total. The summed E-state index contributed by atoms with van der Waals surface area (Å²) in [6.07, 6.45) is 8.21. The van der Waals surface area contributed by atoms with Gasteiger partial charge in [-0.25, -0.2) is 4.79 Å². The number of benzene rings is 1. The highest BCUT2D eigenvalue weighted by Gasteiger charge is 2.26. The third-order valence-electron chi connectivity index (χ3n) is 6.60. The van der Waals surface area contributed by atoms with Gasteiger partial charge in [0.2, 0.25) is 5.91 Å². The number of thioether (sulfide) groups is 1. The molecule has 1 aromatic heterocycles. The van der Waals surface area contributed by atoms with Gasteiger partial charge < -0.3 is 9.64 Å². The molecule has 0 radical (unpaired) electrons.